The molecule has 0 aliphatic heterocycles. The lowest BCUT2D eigenvalue weighted by atomic mass is 10.4. The summed E-state index contributed by atoms with van der Waals surface area (Å²) in [7, 11) is 0. The SMILES string of the molecule is CCNCCNC(=O)c1csc(-c2cnccn2)n1. The van der Waals surface area contributed by atoms with Crippen molar-refractivity contribution < 1.29 is 4.79 Å². The molecular formula is C12H15N5OS. The fourth-order valence-electron chi connectivity index (χ4n) is 1.44. The van der Waals surface area contributed by atoms with Gasteiger partial charge in [0, 0.05) is 30.9 Å². The van der Waals surface area contributed by atoms with Crippen LogP contribution in [0.2, 0.25) is 0 Å². The molecule has 0 radical (unpaired) electrons. The largest absolute Gasteiger partial charge is 0.349 e. The number of hydrogen-bond donors (Lipinski definition) is 2. The van der Waals surface area contributed by atoms with Gasteiger partial charge in [-0.15, -0.1) is 11.3 Å². The van der Waals surface area contributed by atoms with Crippen molar-refractivity contribution in [3.8, 4) is 10.7 Å². The van der Waals surface area contributed by atoms with E-state index in [1.165, 1.54) is 11.3 Å². The van der Waals surface area contributed by atoms with E-state index in [9.17, 15) is 4.79 Å². The molecule has 6 nitrogen and oxygen atoms in total. The molecule has 0 aromatic carbocycles. The van der Waals surface area contributed by atoms with Gasteiger partial charge in [-0.2, -0.15) is 0 Å². The van der Waals surface area contributed by atoms with Gasteiger partial charge in [-0.05, 0) is 6.54 Å². The van der Waals surface area contributed by atoms with Crippen molar-refractivity contribution in [3.05, 3.63) is 29.7 Å². The van der Waals surface area contributed by atoms with Gasteiger partial charge >= 0.3 is 0 Å². The smallest absolute Gasteiger partial charge is 0.270 e. The van der Waals surface area contributed by atoms with Gasteiger partial charge in [0.2, 0.25) is 0 Å². The normalized spacial score (nSPS) is 10.4. The number of hydrogen-bond acceptors (Lipinski definition) is 6. The minimum atomic E-state index is -0.163. The second kappa shape index (κ2) is 6.91. The first-order valence-electron chi connectivity index (χ1n) is 6.02. The van der Waals surface area contributed by atoms with E-state index in [0.29, 0.717) is 22.9 Å². The zero-order valence-electron chi connectivity index (χ0n) is 10.6. The number of thiazole rings is 1. The number of aromatic nitrogens is 3. The molecule has 2 aromatic heterocycles. The van der Waals surface area contributed by atoms with Crippen LogP contribution in [0.1, 0.15) is 17.4 Å². The Balaban J connectivity index is 1.95. The fraction of sp³-hybridized carbons (Fsp3) is 0.333. The number of carbonyl (C=O) groups is 1. The van der Waals surface area contributed by atoms with Gasteiger partial charge in [-0.3, -0.25) is 14.8 Å². The highest BCUT2D eigenvalue weighted by atomic mass is 32.1. The molecule has 0 unspecified atom stereocenters. The Morgan fingerprint density at radius 2 is 2.26 bits per heavy atom. The molecule has 7 heteroatoms. The maximum Gasteiger partial charge on any atom is 0.270 e. The number of likely N-dealkylation sites (N-methyl/N-ethyl adjacent to an activating group) is 1. The maximum absolute atomic E-state index is 11.8. The molecule has 2 N–H and O–H groups in total. The molecule has 0 bridgehead atoms. The predicted octanol–water partition coefficient (Wildman–Crippen LogP) is 0.939. The Kier molecular flexibility index (Phi) is 4.93. The number of carbonyl (C=O) groups excluding carboxylic acids is 1. The van der Waals surface area contributed by atoms with Crippen molar-refractivity contribution in [1.82, 2.24) is 25.6 Å². The van der Waals surface area contributed by atoms with Crippen LogP contribution < -0.4 is 10.6 Å². The molecule has 0 atom stereocenters. The van der Waals surface area contributed by atoms with E-state index in [4.69, 9.17) is 0 Å². The molecule has 0 aliphatic carbocycles. The van der Waals surface area contributed by atoms with Crippen molar-refractivity contribution >= 4 is 17.2 Å². The molecule has 2 heterocycles. The second-order valence-corrected chi connectivity index (χ2v) is 4.60. The summed E-state index contributed by atoms with van der Waals surface area (Å²) in [6.45, 7) is 4.26. The zero-order chi connectivity index (χ0) is 13.5. The molecule has 2 aromatic rings. The Bertz CT molecular complexity index is 528. The Morgan fingerprint density at radius 1 is 1.37 bits per heavy atom. The van der Waals surface area contributed by atoms with Crippen LogP contribution in [0, 0.1) is 0 Å². The number of nitrogens with zero attached hydrogens (tertiary/aromatic N) is 3. The molecule has 0 saturated carbocycles. The Labute approximate surface area is 115 Å². The lowest BCUT2D eigenvalue weighted by Crippen LogP contribution is -2.31. The molecule has 19 heavy (non-hydrogen) atoms. The van der Waals surface area contributed by atoms with Gasteiger partial charge in [-0.25, -0.2) is 4.98 Å². The molecule has 0 fully saturated rings. The Morgan fingerprint density at radius 3 is 3.00 bits per heavy atom. The molecule has 1 amide bonds. The molecule has 2 rings (SSSR count). The van der Waals surface area contributed by atoms with E-state index in [0.717, 1.165) is 13.1 Å². The minimum absolute atomic E-state index is 0.163. The third kappa shape index (κ3) is 3.80. The van der Waals surface area contributed by atoms with Crippen molar-refractivity contribution in [1.29, 1.82) is 0 Å². The van der Waals surface area contributed by atoms with E-state index >= 15 is 0 Å². The lowest BCUT2D eigenvalue weighted by Gasteiger charge is -2.02. The summed E-state index contributed by atoms with van der Waals surface area (Å²) in [5.41, 5.74) is 1.10. The first-order chi connectivity index (χ1) is 9.31. The lowest BCUT2D eigenvalue weighted by molar-refractivity contribution is 0.0950. The van der Waals surface area contributed by atoms with Crippen LogP contribution in [0.3, 0.4) is 0 Å². The van der Waals surface area contributed by atoms with Crippen LogP contribution in [0.5, 0.6) is 0 Å². The van der Waals surface area contributed by atoms with E-state index in [-0.39, 0.29) is 5.91 Å². The van der Waals surface area contributed by atoms with Gasteiger partial charge in [-0.1, -0.05) is 6.92 Å². The summed E-state index contributed by atoms with van der Waals surface area (Å²) in [6.07, 6.45) is 4.84. The molecule has 0 aliphatic rings. The monoisotopic (exact) mass is 277 g/mol. The van der Waals surface area contributed by atoms with Crippen molar-refractivity contribution in [3.63, 3.8) is 0 Å². The number of amides is 1. The summed E-state index contributed by atoms with van der Waals surface area (Å²) in [5.74, 6) is -0.163. The number of nitrogens with one attached hydrogen (secondary N) is 2. The van der Waals surface area contributed by atoms with Crippen LogP contribution in [-0.4, -0.2) is 40.5 Å². The van der Waals surface area contributed by atoms with Crippen LogP contribution in [0.25, 0.3) is 10.7 Å². The summed E-state index contributed by atoms with van der Waals surface area (Å²) >= 11 is 1.38. The van der Waals surface area contributed by atoms with Crippen molar-refractivity contribution in [2.24, 2.45) is 0 Å². The van der Waals surface area contributed by atoms with Gasteiger partial charge < -0.3 is 10.6 Å². The van der Waals surface area contributed by atoms with E-state index in [1.807, 2.05) is 6.92 Å². The van der Waals surface area contributed by atoms with Crippen LogP contribution in [0.15, 0.2) is 24.0 Å². The maximum atomic E-state index is 11.8. The highest BCUT2D eigenvalue weighted by Crippen LogP contribution is 2.20. The summed E-state index contributed by atoms with van der Waals surface area (Å²) in [5, 5.41) is 8.37. The summed E-state index contributed by atoms with van der Waals surface area (Å²) in [4.78, 5) is 24.2. The second-order valence-electron chi connectivity index (χ2n) is 3.74. The van der Waals surface area contributed by atoms with Crippen molar-refractivity contribution in [2.75, 3.05) is 19.6 Å². The van der Waals surface area contributed by atoms with E-state index in [1.54, 1.807) is 24.0 Å². The highest BCUT2D eigenvalue weighted by Gasteiger charge is 2.11. The average molecular weight is 277 g/mol. The van der Waals surface area contributed by atoms with Gasteiger partial charge in [0.1, 0.15) is 16.4 Å². The molecular weight excluding hydrogens is 262 g/mol. The topological polar surface area (TPSA) is 79.8 Å². The van der Waals surface area contributed by atoms with E-state index in [2.05, 4.69) is 25.6 Å². The Hall–Kier alpha value is -1.86. The third-order valence-electron chi connectivity index (χ3n) is 2.36. The quantitative estimate of drug-likeness (QED) is 0.768. The zero-order valence-corrected chi connectivity index (χ0v) is 11.4. The fourth-order valence-corrected chi connectivity index (χ4v) is 2.20. The van der Waals surface area contributed by atoms with Gasteiger partial charge in [0.25, 0.3) is 5.91 Å². The molecule has 100 valence electrons. The van der Waals surface area contributed by atoms with Crippen LogP contribution in [-0.2, 0) is 0 Å². The average Bonchev–Trinajstić information content (AvgIpc) is 2.94. The summed E-state index contributed by atoms with van der Waals surface area (Å²) < 4.78 is 0. The first kappa shape index (κ1) is 13.6. The highest BCUT2D eigenvalue weighted by molar-refractivity contribution is 7.13. The van der Waals surface area contributed by atoms with Crippen LogP contribution >= 0.6 is 11.3 Å². The standard InChI is InChI=1S/C12H15N5OS/c1-2-13-3-6-16-11(18)10-8-19-12(17-10)9-7-14-4-5-15-9/h4-5,7-8,13H,2-3,6H2,1H3,(H,16,18). The molecule has 0 saturated heterocycles. The van der Waals surface area contributed by atoms with Gasteiger partial charge in [0.15, 0.2) is 0 Å². The summed E-state index contributed by atoms with van der Waals surface area (Å²) in [6, 6.07) is 0. The van der Waals surface area contributed by atoms with Gasteiger partial charge in [0.05, 0.1) is 6.20 Å². The van der Waals surface area contributed by atoms with Crippen molar-refractivity contribution in [2.45, 2.75) is 6.92 Å². The van der Waals surface area contributed by atoms with Crippen LogP contribution in [0.4, 0.5) is 0 Å². The predicted molar refractivity (Wildman–Crippen MR) is 74.0 cm³/mol. The van der Waals surface area contributed by atoms with E-state index < -0.39 is 0 Å². The minimum Gasteiger partial charge on any atom is -0.349 e. The molecule has 0 spiro atoms. The third-order valence-corrected chi connectivity index (χ3v) is 3.22. The first-order valence-corrected chi connectivity index (χ1v) is 6.90. The number of rotatable bonds is 6.